The SMILES string of the molecule is CC1(C)c2ccccc2-c2ccc(-c3ccc4c(c3)oc3c5ccc(-c6cccnc6)cc5c5ccccc5c43)cc21. The summed E-state index contributed by atoms with van der Waals surface area (Å²) < 4.78 is 6.75. The number of nitrogens with zero attached hydrogens (tertiary/aromatic N) is 1. The van der Waals surface area contributed by atoms with E-state index in [1.807, 2.05) is 18.5 Å². The van der Waals surface area contributed by atoms with Gasteiger partial charge in [0.05, 0.1) is 0 Å². The molecule has 198 valence electrons. The van der Waals surface area contributed by atoms with Crippen LogP contribution in [0.2, 0.25) is 0 Å². The van der Waals surface area contributed by atoms with Gasteiger partial charge >= 0.3 is 0 Å². The summed E-state index contributed by atoms with van der Waals surface area (Å²) in [6, 6.07) is 41.9. The molecular weight excluding hydrogens is 510 g/mol. The standard InChI is InChI=1S/C40H27NO/c1-40(2)35-12-6-5-10-29(35)30-16-13-25(21-36(30)40)26-15-18-33-37(22-26)42-39-32-17-14-24(27-8-7-19-41-23-27)20-34(32)28-9-3-4-11-31(28)38(33)39/h3-23H,1-2H3. The van der Waals surface area contributed by atoms with Crippen LogP contribution in [-0.2, 0) is 5.41 Å². The van der Waals surface area contributed by atoms with E-state index in [9.17, 15) is 0 Å². The van der Waals surface area contributed by atoms with Crippen LogP contribution in [0.25, 0.3) is 76.9 Å². The molecule has 0 saturated carbocycles. The highest BCUT2D eigenvalue weighted by atomic mass is 16.3. The van der Waals surface area contributed by atoms with Crippen LogP contribution >= 0.6 is 0 Å². The quantitative estimate of drug-likeness (QED) is 0.205. The highest BCUT2D eigenvalue weighted by Gasteiger charge is 2.35. The van der Waals surface area contributed by atoms with Gasteiger partial charge in [0.1, 0.15) is 11.2 Å². The zero-order chi connectivity index (χ0) is 28.0. The Bertz CT molecular complexity index is 2380. The van der Waals surface area contributed by atoms with Crippen molar-refractivity contribution in [2.45, 2.75) is 19.3 Å². The number of furan rings is 1. The molecule has 0 N–H and O–H groups in total. The number of fused-ring (bicyclic) bond motifs is 11. The van der Waals surface area contributed by atoms with Crippen LogP contribution in [-0.4, -0.2) is 4.98 Å². The van der Waals surface area contributed by atoms with E-state index in [-0.39, 0.29) is 5.41 Å². The maximum absolute atomic E-state index is 6.75. The molecule has 0 radical (unpaired) electrons. The van der Waals surface area contributed by atoms with Crippen LogP contribution in [0.15, 0.2) is 132 Å². The van der Waals surface area contributed by atoms with Crippen LogP contribution in [0.1, 0.15) is 25.0 Å². The molecule has 0 bridgehead atoms. The van der Waals surface area contributed by atoms with Gasteiger partial charge in [-0.3, -0.25) is 4.98 Å². The molecule has 0 atom stereocenters. The number of aromatic nitrogens is 1. The van der Waals surface area contributed by atoms with E-state index in [0.717, 1.165) is 33.1 Å². The molecule has 2 heteroatoms. The average molecular weight is 538 g/mol. The van der Waals surface area contributed by atoms with Crippen molar-refractivity contribution in [1.29, 1.82) is 0 Å². The first kappa shape index (κ1) is 23.5. The molecule has 0 fully saturated rings. The van der Waals surface area contributed by atoms with Crippen molar-refractivity contribution in [3.8, 4) is 33.4 Å². The fourth-order valence-electron chi connectivity index (χ4n) is 7.23. The van der Waals surface area contributed by atoms with Gasteiger partial charge < -0.3 is 4.42 Å². The summed E-state index contributed by atoms with van der Waals surface area (Å²) in [6.45, 7) is 4.67. The molecule has 0 unspecified atom stereocenters. The van der Waals surface area contributed by atoms with Gasteiger partial charge in [0.15, 0.2) is 0 Å². The first-order chi connectivity index (χ1) is 20.6. The summed E-state index contributed by atoms with van der Waals surface area (Å²) in [5, 5.41) is 7.10. The first-order valence-corrected chi connectivity index (χ1v) is 14.5. The Morgan fingerprint density at radius 1 is 0.524 bits per heavy atom. The Morgan fingerprint density at radius 3 is 2.10 bits per heavy atom. The highest BCUT2D eigenvalue weighted by Crippen LogP contribution is 2.50. The minimum Gasteiger partial charge on any atom is -0.455 e. The molecule has 9 rings (SSSR count). The molecule has 0 aliphatic heterocycles. The number of hydrogen-bond acceptors (Lipinski definition) is 2. The Balaban J connectivity index is 1.25. The molecule has 1 aliphatic carbocycles. The summed E-state index contributed by atoms with van der Waals surface area (Å²) in [5.74, 6) is 0. The van der Waals surface area contributed by atoms with E-state index >= 15 is 0 Å². The fraction of sp³-hybridized carbons (Fsp3) is 0.0750. The molecule has 0 saturated heterocycles. The molecule has 2 nitrogen and oxygen atoms in total. The van der Waals surface area contributed by atoms with Crippen LogP contribution in [0.4, 0.5) is 0 Å². The molecule has 2 heterocycles. The van der Waals surface area contributed by atoms with Gasteiger partial charge in [0.25, 0.3) is 0 Å². The Kier molecular flexibility index (Phi) is 4.70. The zero-order valence-corrected chi connectivity index (χ0v) is 23.5. The van der Waals surface area contributed by atoms with Crippen molar-refractivity contribution < 1.29 is 4.42 Å². The van der Waals surface area contributed by atoms with E-state index in [1.165, 1.54) is 54.9 Å². The number of pyridine rings is 1. The van der Waals surface area contributed by atoms with Gasteiger partial charge in [-0.25, -0.2) is 0 Å². The largest absolute Gasteiger partial charge is 0.455 e. The van der Waals surface area contributed by atoms with Crippen molar-refractivity contribution in [3.63, 3.8) is 0 Å². The van der Waals surface area contributed by atoms with E-state index in [2.05, 4.69) is 128 Å². The summed E-state index contributed by atoms with van der Waals surface area (Å²) in [4.78, 5) is 4.33. The molecular formula is C40H27NO. The maximum atomic E-state index is 6.75. The minimum atomic E-state index is -0.0299. The maximum Gasteiger partial charge on any atom is 0.143 e. The van der Waals surface area contributed by atoms with Crippen molar-refractivity contribution in [2.24, 2.45) is 0 Å². The predicted molar refractivity (Wildman–Crippen MR) is 175 cm³/mol. The van der Waals surface area contributed by atoms with Crippen molar-refractivity contribution in [3.05, 3.63) is 139 Å². The minimum absolute atomic E-state index is 0.0299. The third-order valence-corrected chi connectivity index (χ3v) is 9.35. The van der Waals surface area contributed by atoms with E-state index < -0.39 is 0 Å². The van der Waals surface area contributed by atoms with Crippen LogP contribution in [0.3, 0.4) is 0 Å². The normalized spacial score (nSPS) is 13.7. The second-order valence-electron chi connectivity index (χ2n) is 12.0. The van der Waals surface area contributed by atoms with E-state index in [4.69, 9.17) is 4.42 Å². The third-order valence-electron chi connectivity index (χ3n) is 9.35. The Hall–Kier alpha value is -5.21. The monoisotopic (exact) mass is 537 g/mol. The zero-order valence-electron chi connectivity index (χ0n) is 23.5. The number of hydrogen-bond donors (Lipinski definition) is 0. The smallest absolute Gasteiger partial charge is 0.143 e. The molecule has 0 spiro atoms. The summed E-state index contributed by atoms with van der Waals surface area (Å²) in [7, 11) is 0. The van der Waals surface area contributed by atoms with E-state index in [0.29, 0.717) is 0 Å². The van der Waals surface area contributed by atoms with Gasteiger partial charge in [-0.15, -0.1) is 0 Å². The fourth-order valence-corrected chi connectivity index (χ4v) is 7.23. The Labute approximate surface area is 243 Å². The number of benzene rings is 6. The van der Waals surface area contributed by atoms with Gasteiger partial charge in [-0.05, 0) is 91.5 Å². The molecule has 42 heavy (non-hydrogen) atoms. The van der Waals surface area contributed by atoms with Crippen molar-refractivity contribution >= 4 is 43.5 Å². The van der Waals surface area contributed by atoms with Gasteiger partial charge in [0.2, 0.25) is 0 Å². The first-order valence-electron chi connectivity index (χ1n) is 14.5. The lowest BCUT2D eigenvalue weighted by Crippen LogP contribution is -2.14. The number of rotatable bonds is 2. The highest BCUT2D eigenvalue weighted by molar-refractivity contribution is 6.30. The third kappa shape index (κ3) is 3.18. The van der Waals surface area contributed by atoms with Crippen LogP contribution in [0.5, 0.6) is 0 Å². The molecule has 8 aromatic rings. The lowest BCUT2D eigenvalue weighted by Gasteiger charge is -2.22. The van der Waals surface area contributed by atoms with E-state index in [1.54, 1.807) is 0 Å². The van der Waals surface area contributed by atoms with Gasteiger partial charge in [-0.2, -0.15) is 0 Å². The average Bonchev–Trinajstić information content (AvgIpc) is 3.54. The van der Waals surface area contributed by atoms with Gasteiger partial charge in [-0.1, -0.05) is 92.7 Å². The van der Waals surface area contributed by atoms with Crippen LogP contribution in [0, 0.1) is 0 Å². The molecule has 0 amide bonds. The summed E-state index contributed by atoms with van der Waals surface area (Å²) in [5.41, 5.74) is 11.9. The topological polar surface area (TPSA) is 26.0 Å². The van der Waals surface area contributed by atoms with Crippen molar-refractivity contribution in [2.75, 3.05) is 0 Å². The van der Waals surface area contributed by atoms with Crippen LogP contribution < -0.4 is 0 Å². The lowest BCUT2D eigenvalue weighted by molar-refractivity contribution is 0.660. The second kappa shape index (κ2) is 8.41. The molecule has 2 aromatic heterocycles. The summed E-state index contributed by atoms with van der Waals surface area (Å²) >= 11 is 0. The predicted octanol–water partition coefficient (Wildman–Crippen LogP) is 10.9. The lowest BCUT2D eigenvalue weighted by atomic mass is 9.81. The van der Waals surface area contributed by atoms with Gasteiger partial charge in [0, 0.05) is 39.5 Å². The molecule has 6 aromatic carbocycles. The molecule has 1 aliphatic rings. The van der Waals surface area contributed by atoms with Crippen molar-refractivity contribution in [1.82, 2.24) is 4.98 Å². The summed E-state index contributed by atoms with van der Waals surface area (Å²) in [6.07, 6.45) is 3.73. The Morgan fingerprint density at radius 2 is 1.24 bits per heavy atom. The second-order valence-corrected chi connectivity index (χ2v) is 12.0.